The number of hydrogen-bond acceptors (Lipinski definition) is 5. The second-order valence-corrected chi connectivity index (χ2v) is 8.05. The molecule has 1 fully saturated rings. The van der Waals surface area contributed by atoms with Crippen LogP contribution in [0.25, 0.3) is 0 Å². The van der Waals surface area contributed by atoms with E-state index in [9.17, 15) is 14.4 Å². The lowest BCUT2D eigenvalue weighted by atomic mass is 9.92. The number of nitrogens with one attached hydrogen (secondary N) is 2. The van der Waals surface area contributed by atoms with Gasteiger partial charge in [-0.05, 0) is 42.3 Å². The first kappa shape index (κ1) is 24.1. The molecule has 33 heavy (non-hydrogen) atoms. The molecule has 0 spiro atoms. The number of carbonyl (C=O) groups is 3. The van der Waals surface area contributed by atoms with Gasteiger partial charge in [-0.3, -0.25) is 14.4 Å². The highest BCUT2D eigenvalue weighted by Gasteiger charge is 2.44. The molecule has 0 bridgehead atoms. The van der Waals surface area contributed by atoms with E-state index in [-0.39, 0.29) is 30.2 Å². The zero-order chi connectivity index (χ0) is 24.0. The van der Waals surface area contributed by atoms with E-state index in [4.69, 9.17) is 9.47 Å². The molecule has 3 amide bonds. The van der Waals surface area contributed by atoms with Crippen LogP contribution in [0.15, 0.2) is 42.5 Å². The summed E-state index contributed by atoms with van der Waals surface area (Å²) in [6.07, 6.45) is 1.96. The van der Waals surface area contributed by atoms with E-state index in [1.54, 1.807) is 25.3 Å². The Bertz CT molecular complexity index is 1010. The number of hydrogen-bond donors (Lipinski definition) is 2. The fraction of sp³-hybridized carbons (Fsp3) is 0.400. The van der Waals surface area contributed by atoms with Crippen molar-refractivity contribution in [1.82, 2.24) is 4.90 Å². The van der Waals surface area contributed by atoms with Gasteiger partial charge in [0.2, 0.25) is 17.7 Å². The number of benzene rings is 2. The first-order valence-corrected chi connectivity index (χ1v) is 11.1. The maximum absolute atomic E-state index is 13.3. The third-order valence-electron chi connectivity index (χ3n) is 5.76. The number of rotatable bonds is 9. The van der Waals surface area contributed by atoms with Crippen molar-refractivity contribution in [3.05, 3.63) is 48.0 Å². The van der Waals surface area contributed by atoms with Crippen LogP contribution in [0, 0.1) is 5.92 Å². The molecule has 1 saturated heterocycles. The quantitative estimate of drug-likeness (QED) is 0.598. The number of likely N-dealkylation sites (tertiary alicyclic amines) is 1. The standard InChI is InChI=1S/C25H31N3O5/c1-5-6-13-28-23(30)15-20(24(28)17-7-10-19(32-3)11-8-17)25(31)27-18-9-12-22(33-4)21(14-18)26-16(2)29/h7-12,14,20,24H,5-6,13,15H2,1-4H3,(H,26,29)(H,27,31). The summed E-state index contributed by atoms with van der Waals surface area (Å²) in [5.74, 6) is 0.132. The Morgan fingerprint density at radius 2 is 1.79 bits per heavy atom. The minimum atomic E-state index is -0.547. The lowest BCUT2D eigenvalue weighted by Crippen LogP contribution is -2.33. The van der Waals surface area contributed by atoms with E-state index >= 15 is 0 Å². The Morgan fingerprint density at radius 1 is 1.06 bits per heavy atom. The van der Waals surface area contributed by atoms with Crippen LogP contribution in [0.1, 0.15) is 44.7 Å². The van der Waals surface area contributed by atoms with Crippen molar-refractivity contribution in [3.8, 4) is 11.5 Å². The minimum Gasteiger partial charge on any atom is -0.497 e. The van der Waals surface area contributed by atoms with Gasteiger partial charge in [-0.2, -0.15) is 0 Å². The van der Waals surface area contributed by atoms with Crippen molar-refractivity contribution in [1.29, 1.82) is 0 Å². The normalized spacial score (nSPS) is 17.6. The van der Waals surface area contributed by atoms with E-state index < -0.39 is 5.92 Å². The van der Waals surface area contributed by atoms with Crippen LogP contribution < -0.4 is 20.1 Å². The molecule has 0 aliphatic carbocycles. The van der Waals surface area contributed by atoms with Crippen LogP contribution in [-0.2, 0) is 14.4 Å². The Morgan fingerprint density at radius 3 is 2.39 bits per heavy atom. The Hall–Kier alpha value is -3.55. The van der Waals surface area contributed by atoms with Gasteiger partial charge in [0.1, 0.15) is 11.5 Å². The molecule has 8 nitrogen and oxygen atoms in total. The smallest absolute Gasteiger partial charge is 0.230 e. The summed E-state index contributed by atoms with van der Waals surface area (Å²) >= 11 is 0. The van der Waals surface area contributed by atoms with E-state index in [1.165, 1.54) is 14.0 Å². The fourth-order valence-corrected chi connectivity index (χ4v) is 4.14. The molecule has 176 valence electrons. The number of ether oxygens (including phenoxy) is 2. The SMILES string of the molecule is CCCCN1C(=O)CC(C(=O)Nc2ccc(OC)c(NC(C)=O)c2)C1c1ccc(OC)cc1. The Kier molecular flexibility index (Phi) is 7.92. The first-order valence-electron chi connectivity index (χ1n) is 11.1. The highest BCUT2D eigenvalue weighted by atomic mass is 16.5. The van der Waals surface area contributed by atoms with E-state index in [1.807, 2.05) is 29.2 Å². The van der Waals surface area contributed by atoms with Gasteiger partial charge in [-0.15, -0.1) is 0 Å². The summed E-state index contributed by atoms with van der Waals surface area (Å²) in [5, 5.41) is 5.62. The summed E-state index contributed by atoms with van der Waals surface area (Å²) in [6.45, 7) is 4.08. The minimum absolute atomic E-state index is 0.0296. The molecular formula is C25H31N3O5. The van der Waals surface area contributed by atoms with Crippen molar-refractivity contribution in [2.24, 2.45) is 5.92 Å². The van der Waals surface area contributed by atoms with Gasteiger partial charge in [0.15, 0.2) is 0 Å². The number of carbonyl (C=O) groups excluding carboxylic acids is 3. The van der Waals surface area contributed by atoms with Crippen molar-refractivity contribution in [2.45, 2.75) is 39.2 Å². The van der Waals surface area contributed by atoms with Crippen molar-refractivity contribution in [2.75, 3.05) is 31.4 Å². The van der Waals surface area contributed by atoms with Gasteiger partial charge in [0.05, 0.1) is 31.9 Å². The molecule has 2 aromatic carbocycles. The summed E-state index contributed by atoms with van der Waals surface area (Å²) < 4.78 is 10.5. The topological polar surface area (TPSA) is 97.0 Å². The van der Waals surface area contributed by atoms with Gasteiger partial charge in [0, 0.05) is 25.6 Å². The summed E-state index contributed by atoms with van der Waals surface area (Å²) in [6, 6.07) is 12.2. The summed E-state index contributed by atoms with van der Waals surface area (Å²) in [7, 11) is 3.11. The van der Waals surface area contributed by atoms with Crippen LogP contribution in [0.5, 0.6) is 11.5 Å². The number of nitrogens with zero attached hydrogens (tertiary/aromatic N) is 1. The van der Waals surface area contributed by atoms with Crippen molar-refractivity contribution >= 4 is 29.1 Å². The Balaban J connectivity index is 1.87. The zero-order valence-corrected chi connectivity index (χ0v) is 19.5. The number of unbranched alkanes of at least 4 members (excludes halogenated alkanes) is 1. The molecule has 2 aromatic rings. The second kappa shape index (κ2) is 10.8. The van der Waals surface area contributed by atoms with Gasteiger partial charge >= 0.3 is 0 Å². The molecular weight excluding hydrogens is 422 g/mol. The average Bonchev–Trinajstić information content (AvgIpc) is 3.13. The van der Waals surface area contributed by atoms with Crippen molar-refractivity contribution in [3.63, 3.8) is 0 Å². The molecule has 1 heterocycles. The van der Waals surface area contributed by atoms with Crippen LogP contribution in [0.4, 0.5) is 11.4 Å². The largest absolute Gasteiger partial charge is 0.497 e. The lowest BCUT2D eigenvalue weighted by Gasteiger charge is -2.28. The molecule has 0 saturated carbocycles. The number of amides is 3. The molecule has 1 aliphatic rings. The molecule has 0 aromatic heterocycles. The van der Waals surface area contributed by atoms with Crippen molar-refractivity contribution < 1.29 is 23.9 Å². The number of anilines is 2. The molecule has 3 rings (SSSR count). The number of methoxy groups -OCH3 is 2. The second-order valence-electron chi connectivity index (χ2n) is 8.05. The monoisotopic (exact) mass is 453 g/mol. The van der Waals surface area contributed by atoms with Gasteiger partial charge in [-0.1, -0.05) is 25.5 Å². The molecule has 2 N–H and O–H groups in total. The average molecular weight is 454 g/mol. The van der Waals surface area contributed by atoms with Gasteiger partial charge in [-0.25, -0.2) is 0 Å². The maximum atomic E-state index is 13.3. The van der Waals surface area contributed by atoms with E-state index in [0.717, 1.165) is 18.4 Å². The predicted octanol–water partition coefficient (Wildman–Crippen LogP) is 3.99. The Labute approximate surface area is 194 Å². The van der Waals surface area contributed by atoms with Crippen LogP contribution in [-0.4, -0.2) is 43.4 Å². The predicted molar refractivity (Wildman–Crippen MR) is 126 cm³/mol. The van der Waals surface area contributed by atoms with E-state index in [2.05, 4.69) is 17.6 Å². The molecule has 1 aliphatic heterocycles. The summed E-state index contributed by atoms with van der Waals surface area (Å²) in [5.41, 5.74) is 1.87. The highest BCUT2D eigenvalue weighted by molar-refractivity contribution is 5.99. The first-order chi connectivity index (χ1) is 15.9. The van der Waals surface area contributed by atoms with Crippen LogP contribution >= 0.6 is 0 Å². The highest BCUT2D eigenvalue weighted by Crippen LogP contribution is 2.40. The summed E-state index contributed by atoms with van der Waals surface area (Å²) in [4.78, 5) is 39.5. The lowest BCUT2D eigenvalue weighted by molar-refractivity contribution is -0.129. The molecule has 0 radical (unpaired) electrons. The molecule has 2 atom stereocenters. The fourth-order valence-electron chi connectivity index (χ4n) is 4.14. The van der Waals surface area contributed by atoms with E-state index in [0.29, 0.717) is 29.4 Å². The zero-order valence-electron chi connectivity index (χ0n) is 19.5. The van der Waals surface area contributed by atoms with Crippen LogP contribution in [0.2, 0.25) is 0 Å². The molecule has 2 unspecified atom stereocenters. The van der Waals surface area contributed by atoms with Crippen LogP contribution in [0.3, 0.4) is 0 Å². The molecule has 8 heteroatoms. The maximum Gasteiger partial charge on any atom is 0.230 e. The van der Waals surface area contributed by atoms with Gasteiger partial charge < -0.3 is 25.0 Å². The van der Waals surface area contributed by atoms with Gasteiger partial charge in [0.25, 0.3) is 0 Å². The third kappa shape index (κ3) is 5.63. The third-order valence-corrected chi connectivity index (χ3v) is 5.76.